The number of nitrogens with one attached hydrogen (secondary N) is 2. The van der Waals surface area contributed by atoms with Gasteiger partial charge in [-0.1, -0.05) is 0 Å². The van der Waals surface area contributed by atoms with Crippen LogP contribution in [0.25, 0.3) is 0 Å². The van der Waals surface area contributed by atoms with Crippen molar-refractivity contribution in [2.24, 2.45) is 0 Å². The van der Waals surface area contributed by atoms with Crippen LogP contribution >= 0.6 is 15.9 Å². The molecule has 0 aliphatic heterocycles. The van der Waals surface area contributed by atoms with Crippen molar-refractivity contribution in [3.05, 3.63) is 52.4 Å². The highest BCUT2D eigenvalue weighted by molar-refractivity contribution is 9.10. The molecule has 0 spiro atoms. The number of carbonyl (C=O) groups is 2. The number of halogens is 1. The van der Waals surface area contributed by atoms with Crippen LogP contribution < -0.4 is 10.6 Å². The summed E-state index contributed by atoms with van der Waals surface area (Å²) in [4.78, 5) is 23.7. The topological polar surface area (TPSA) is 71.3 Å². The van der Waals surface area contributed by atoms with Gasteiger partial charge in [0, 0.05) is 17.3 Å². The van der Waals surface area contributed by atoms with Gasteiger partial charge in [0.25, 0.3) is 11.8 Å². The maximum atomic E-state index is 11.9. The van der Waals surface area contributed by atoms with E-state index in [4.69, 9.17) is 4.42 Å². The largest absolute Gasteiger partial charge is 0.444 e. The fourth-order valence-electron chi connectivity index (χ4n) is 1.68. The van der Waals surface area contributed by atoms with Gasteiger partial charge in [0.2, 0.25) is 0 Å². The summed E-state index contributed by atoms with van der Waals surface area (Å²) in [5.41, 5.74) is 1.14. The highest BCUT2D eigenvalue weighted by Crippen LogP contribution is 2.16. The third-order valence-electron chi connectivity index (χ3n) is 2.62. The van der Waals surface area contributed by atoms with Crippen LogP contribution in [0.15, 0.2) is 45.5 Å². The number of rotatable bonds is 4. The number of amides is 2. The Kier molecular flexibility index (Phi) is 4.80. The van der Waals surface area contributed by atoms with Gasteiger partial charge >= 0.3 is 0 Å². The van der Waals surface area contributed by atoms with Gasteiger partial charge in [-0.15, -0.1) is 0 Å². The number of hydrogen-bond donors (Lipinski definition) is 2. The SMILES string of the molecule is CC(C)NC(=O)c1ccc(NC(=O)c2ccc(Br)o2)cc1. The van der Waals surface area contributed by atoms with Crippen LogP contribution in [0, 0.1) is 0 Å². The highest BCUT2D eigenvalue weighted by Gasteiger charge is 2.11. The van der Waals surface area contributed by atoms with Crippen LogP contribution in [-0.4, -0.2) is 17.9 Å². The summed E-state index contributed by atoms with van der Waals surface area (Å²) in [5, 5.41) is 5.49. The Bertz CT molecular complexity index is 647. The molecule has 1 aromatic heterocycles. The van der Waals surface area contributed by atoms with Crippen molar-refractivity contribution in [1.82, 2.24) is 5.32 Å². The molecule has 1 heterocycles. The van der Waals surface area contributed by atoms with E-state index in [-0.39, 0.29) is 23.6 Å². The molecule has 6 heteroatoms. The van der Waals surface area contributed by atoms with Crippen molar-refractivity contribution in [3.8, 4) is 0 Å². The lowest BCUT2D eigenvalue weighted by atomic mass is 10.2. The van der Waals surface area contributed by atoms with Crippen molar-refractivity contribution in [2.45, 2.75) is 19.9 Å². The van der Waals surface area contributed by atoms with Crippen LogP contribution in [0.1, 0.15) is 34.8 Å². The number of carbonyl (C=O) groups excluding carboxylic acids is 2. The second kappa shape index (κ2) is 6.58. The molecule has 21 heavy (non-hydrogen) atoms. The molecular formula is C15H15BrN2O3. The summed E-state index contributed by atoms with van der Waals surface area (Å²) in [6, 6.07) is 9.96. The third kappa shape index (κ3) is 4.19. The van der Waals surface area contributed by atoms with E-state index < -0.39 is 0 Å². The normalized spacial score (nSPS) is 10.5. The van der Waals surface area contributed by atoms with Crippen LogP contribution in [0.3, 0.4) is 0 Å². The molecule has 2 aromatic rings. The zero-order chi connectivity index (χ0) is 15.4. The number of hydrogen-bond acceptors (Lipinski definition) is 3. The molecule has 5 nitrogen and oxygen atoms in total. The highest BCUT2D eigenvalue weighted by atomic mass is 79.9. The van der Waals surface area contributed by atoms with Gasteiger partial charge in [0.05, 0.1) is 0 Å². The van der Waals surface area contributed by atoms with Gasteiger partial charge in [0.15, 0.2) is 10.4 Å². The summed E-state index contributed by atoms with van der Waals surface area (Å²) in [7, 11) is 0. The molecule has 0 aliphatic rings. The lowest BCUT2D eigenvalue weighted by Gasteiger charge is -2.09. The first-order valence-corrected chi connectivity index (χ1v) is 7.22. The van der Waals surface area contributed by atoms with Crippen molar-refractivity contribution in [2.75, 3.05) is 5.32 Å². The smallest absolute Gasteiger partial charge is 0.291 e. The average Bonchev–Trinajstić information content (AvgIpc) is 2.85. The minimum atomic E-state index is -0.347. The Balaban J connectivity index is 2.02. The molecule has 2 N–H and O–H groups in total. The van der Waals surface area contributed by atoms with Gasteiger partial charge < -0.3 is 15.1 Å². The molecule has 2 rings (SSSR count). The van der Waals surface area contributed by atoms with E-state index in [1.54, 1.807) is 36.4 Å². The minimum Gasteiger partial charge on any atom is -0.444 e. The number of anilines is 1. The molecule has 0 aliphatic carbocycles. The molecule has 0 saturated carbocycles. The van der Waals surface area contributed by atoms with E-state index in [1.165, 1.54) is 0 Å². The fraction of sp³-hybridized carbons (Fsp3) is 0.200. The van der Waals surface area contributed by atoms with Gasteiger partial charge in [-0.2, -0.15) is 0 Å². The summed E-state index contributed by atoms with van der Waals surface area (Å²) in [5.74, 6) is -0.276. The summed E-state index contributed by atoms with van der Waals surface area (Å²) < 4.78 is 5.66. The van der Waals surface area contributed by atoms with Crippen molar-refractivity contribution in [1.29, 1.82) is 0 Å². The van der Waals surface area contributed by atoms with E-state index in [0.29, 0.717) is 15.9 Å². The maximum absolute atomic E-state index is 11.9. The van der Waals surface area contributed by atoms with Crippen LogP contribution in [0.2, 0.25) is 0 Å². The summed E-state index contributed by atoms with van der Waals surface area (Å²) >= 11 is 3.14. The van der Waals surface area contributed by atoms with Crippen molar-refractivity contribution in [3.63, 3.8) is 0 Å². The lowest BCUT2D eigenvalue weighted by molar-refractivity contribution is 0.0942. The molecule has 0 fully saturated rings. The third-order valence-corrected chi connectivity index (χ3v) is 3.05. The zero-order valence-electron chi connectivity index (χ0n) is 11.6. The van der Waals surface area contributed by atoms with Gasteiger partial charge in [-0.05, 0) is 66.2 Å². The first kappa shape index (κ1) is 15.3. The molecule has 0 unspecified atom stereocenters. The molecular weight excluding hydrogens is 336 g/mol. The quantitative estimate of drug-likeness (QED) is 0.887. The molecule has 0 saturated heterocycles. The van der Waals surface area contributed by atoms with Gasteiger partial charge in [-0.3, -0.25) is 9.59 Å². The standard InChI is InChI=1S/C15H15BrN2O3/c1-9(2)17-14(19)10-3-5-11(6-4-10)18-15(20)12-7-8-13(16)21-12/h3-9H,1-2H3,(H,17,19)(H,18,20). The van der Waals surface area contributed by atoms with E-state index in [9.17, 15) is 9.59 Å². The van der Waals surface area contributed by atoms with Crippen LogP contribution in [0.5, 0.6) is 0 Å². The first-order chi connectivity index (χ1) is 9.95. The summed E-state index contributed by atoms with van der Waals surface area (Å²) in [6.07, 6.45) is 0. The monoisotopic (exact) mass is 350 g/mol. The predicted octanol–water partition coefficient (Wildman–Crippen LogP) is 3.43. The Labute approximate surface area is 130 Å². The lowest BCUT2D eigenvalue weighted by Crippen LogP contribution is -2.29. The van der Waals surface area contributed by atoms with Crippen molar-refractivity contribution < 1.29 is 14.0 Å². The van der Waals surface area contributed by atoms with Crippen LogP contribution in [0.4, 0.5) is 5.69 Å². The molecule has 0 atom stereocenters. The fourth-order valence-corrected chi connectivity index (χ4v) is 1.99. The second-order valence-electron chi connectivity index (χ2n) is 4.76. The molecule has 1 aromatic carbocycles. The average molecular weight is 351 g/mol. The Morgan fingerprint density at radius 3 is 2.24 bits per heavy atom. The van der Waals surface area contributed by atoms with E-state index >= 15 is 0 Å². The molecule has 110 valence electrons. The van der Waals surface area contributed by atoms with Crippen LogP contribution in [-0.2, 0) is 0 Å². The molecule has 0 bridgehead atoms. The summed E-state index contributed by atoms with van der Waals surface area (Å²) in [6.45, 7) is 3.79. The van der Waals surface area contributed by atoms with Gasteiger partial charge in [-0.25, -0.2) is 0 Å². The number of benzene rings is 1. The molecule has 2 amide bonds. The molecule has 0 radical (unpaired) electrons. The predicted molar refractivity (Wildman–Crippen MR) is 83.4 cm³/mol. The van der Waals surface area contributed by atoms with Crippen molar-refractivity contribution >= 4 is 33.4 Å². The minimum absolute atomic E-state index is 0.0780. The van der Waals surface area contributed by atoms with Gasteiger partial charge in [0.1, 0.15) is 0 Å². The van der Waals surface area contributed by atoms with E-state index in [1.807, 2.05) is 13.8 Å². The Morgan fingerprint density at radius 2 is 1.71 bits per heavy atom. The van der Waals surface area contributed by atoms with E-state index in [2.05, 4.69) is 26.6 Å². The second-order valence-corrected chi connectivity index (χ2v) is 5.54. The number of furan rings is 1. The Hall–Kier alpha value is -2.08. The Morgan fingerprint density at radius 1 is 1.05 bits per heavy atom. The zero-order valence-corrected chi connectivity index (χ0v) is 13.2. The first-order valence-electron chi connectivity index (χ1n) is 6.43. The van der Waals surface area contributed by atoms with E-state index in [0.717, 1.165) is 0 Å². The maximum Gasteiger partial charge on any atom is 0.291 e.